The van der Waals surface area contributed by atoms with Crippen LogP contribution >= 0.6 is 0 Å². The van der Waals surface area contributed by atoms with Crippen molar-refractivity contribution in [3.05, 3.63) is 0 Å². The van der Waals surface area contributed by atoms with Gasteiger partial charge in [0.1, 0.15) is 0 Å². The van der Waals surface area contributed by atoms with Gasteiger partial charge in [0.2, 0.25) is 0 Å². The maximum absolute atomic E-state index is 9.48. The first kappa shape index (κ1) is 13.8. The lowest BCUT2D eigenvalue weighted by atomic mass is 10.1. The van der Waals surface area contributed by atoms with E-state index in [1.807, 2.05) is 0 Å². The molecule has 0 rings (SSSR count). The van der Waals surface area contributed by atoms with Gasteiger partial charge < -0.3 is 19.9 Å². The minimum Gasteiger partial charge on any atom is -0.389 e. The Kier molecular flexibility index (Phi) is 7.09. The lowest BCUT2D eigenvalue weighted by Crippen LogP contribution is -2.42. The first-order valence-electron chi connectivity index (χ1n) is 4.95. The van der Waals surface area contributed by atoms with Gasteiger partial charge in [0, 0.05) is 19.2 Å². The Morgan fingerprint density at radius 2 is 1.93 bits per heavy atom. The molecule has 0 bridgehead atoms. The molecule has 0 fully saturated rings. The Labute approximate surface area is 86.6 Å². The van der Waals surface area contributed by atoms with E-state index in [9.17, 15) is 5.11 Å². The molecule has 4 nitrogen and oxygen atoms in total. The Bertz CT molecular complexity index is 134. The normalized spacial score (nSPS) is 14.4. The molecular formula is C10H23NO3. The molecule has 4 heteroatoms. The average Bonchev–Trinajstić information content (AvgIpc) is 2.08. The van der Waals surface area contributed by atoms with E-state index in [4.69, 9.17) is 9.47 Å². The van der Waals surface area contributed by atoms with Crippen LogP contribution in [-0.4, -0.2) is 50.2 Å². The molecule has 2 N–H and O–H groups in total. The van der Waals surface area contributed by atoms with Crippen molar-refractivity contribution in [2.75, 3.05) is 33.5 Å². The summed E-state index contributed by atoms with van der Waals surface area (Å²) in [5.41, 5.74) is 0.0352. The fourth-order valence-electron chi connectivity index (χ4n) is 0.845. The molecule has 0 amide bonds. The highest BCUT2D eigenvalue weighted by atomic mass is 16.5. The second-order valence-corrected chi connectivity index (χ2v) is 4.35. The predicted molar refractivity (Wildman–Crippen MR) is 56.5 cm³/mol. The fraction of sp³-hybridized carbons (Fsp3) is 1.00. The largest absolute Gasteiger partial charge is 0.389 e. The molecule has 0 aliphatic carbocycles. The number of aliphatic hydroxyl groups is 1. The van der Waals surface area contributed by atoms with Crippen LogP contribution in [0.2, 0.25) is 0 Å². The molecular weight excluding hydrogens is 182 g/mol. The van der Waals surface area contributed by atoms with Gasteiger partial charge in [-0.05, 0) is 20.8 Å². The third-order valence-corrected chi connectivity index (χ3v) is 1.61. The quantitative estimate of drug-likeness (QED) is 0.591. The van der Waals surface area contributed by atoms with E-state index >= 15 is 0 Å². The monoisotopic (exact) mass is 205 g/mol. The molecule has 1 atom stereocenters. The van der Waals surface area contributed by atoms with Gasteiger partial charge in [-0.15, -0.1) is 0 Å². The van der Waals surface area contributed by atoms with Crippen LogP contribution in [0.25, 0.3) is 0 Å². The highest BCUT2D eigenvalue weighted by Gasteiger charge is 2.11. The maximum Gasteiger partial charge on any atom is 0.0897 e. The van der Waals surface area contributed by atoms with Crippen molar-refractivity contribution in [2.24, 2.45) is 0 Å². The topological polar surface area (TPSA) is 50.7 Å². The number of rotatable bonds is 7. The molecule has 0 radical (unpaired) electrons. The molecule has 0 aromatic heterocycles. The number of ether oxygens (including phenoxy) is 2. The van der Waals surface area contributed by atoms with Crippen LogP contribution in [0.4, 0.5) is 0 Å². The van der Waals surface area contributed by atoms with Crippen LogP contribution < -0.4 is 5.32 Å². The van der Waals surface area contributed by atoms with Crippen LogP contribution in [0.5, 0.6) is 0 Å². The van der Waals surface area contributed by atoms with Gasteiger partial charge >= 0.3 is 0 Å². The van der Waals surface area contributed by atoms with Crippen molar-refractivity contribution in [1.82, 2.24) is 5.32 Å². The van der Waals surface area contributed by atoms with Crippen molar-refractivity contribution in [2.45, 2.75) is 32.4 Å². The van der Waals surface area contributed by atoms with Gasteiger partial charge in [0.25, 0.3) is 0 Å². The molecule has 0 heterocycles. The van der Waals surface area contributed by atoms with Crippen molar-refractivity contribution in [3.63, 3.8) is 0 Å². The summed E-state index contributed by atoms with van der Waals surface area (Å²) >= 11 is 0. The molecule has 86 valence electrons. The molecule has 0 aromatic rings. The molecule has 0 spiro atoms. The third-order valence-electron chi connectivity index (χ3n) is 1.61. The average molecular weight is 205 g/mol. The van der Waals surface area contributed by atoms with Gasteiger partial charge in [-0.1, -0.05) is 0 Å². The molecule has 1 unspecified atom stereocenters. The lowest BCUT2D eigenvalue weighted by Gasteiger charge is -2.22. The lowest BCUT2D eigenvalue weighted by molar-refractivity contribution is 0.0119. The highest BCUT2D eigenvalue weighted by Crippen LogP contribution is 1.98. The second-order valence-electron chi connectivity index (χ2n) is 4.35. The summed E-state index contributed by atoms with van der Waals surface area (Å²) in [6, 6.07) is 0. The number of β-amino-alcohol motifs (C(OH)–C–C–N with tert-alkyl or cyclic N) is 1. The van der Waals surface area contributed by atoms with Gasteiger partial charge in [0.05, 0.1) is 25.9 Å². The number of nitrogens with one attached hydrogen (secondary N) is 1. The molecule has 0 aromatic carbocycles. The maximum atomic E-state index is 9.48. The van der Waals surface area contributed by atoms with Crippen molar-refractivity contribution >= 4 is 0 Å². The summed E-state index contributed by atoms with van der Waals surface area (Å²) in [5, 5.41) is 12.7. The SMILES string of the molecule is COCCOCC(O)CNC(C)(C)C. The smallest absolute Gasteiger partial charge is 0.0897 e. The van der Waals surface area contributed by atoms with Crippen LogP contribution in [0.1, 0.15) is 20.8 Å². The van der Waals surface area contributed by atoms with Crippen molar-refractivity contribution in [3.8, 4) is 0 Å². The minimum atomic E-state index is -0.453. The summed E-state index contributed by atoms with van der Waals surface area (Å²) in [5.74, 6) is 0. The molecule has 0 saturated carbocycles. The number of methoxy groups -OCH3 is 1. The van der Waals surface area contributed by atoms with Crippen molar-refractivity contribution < 1.29 is 14.6 Å². The first-order chi connectivity index (χ1) is 6.45. The van der Waals surface area contributed by atoms with Gasteiger partial charge in [-0.2, -0.15) is 0 Å². The summed E-state index contributed by atoms with van der Waals surface area (Å²) in [6.07, 6.45) is -0.453. The Hall–Kier alpha value is -0.160. The van der Waals surface area contributed by atoms with Crippen LogP contribution in [0.3, 0.4) is 0 Å². The third kappa shape index (κ3) is 9.92. The first-order valence-corrected chi connectivity index (χ1v) is 4.95. The van der Waals surface area contributed by atoms with E-state index in [1.54, 1.807) is 7.11 Å². The van der Waals surface area contributed by atoms with E-state index < -0.39 is 6.10 Å². The van der Waals surface area contributed by atoms with E-state index in [-0.39, 0.29) is 5.54 Å². The Morgan fingerprint density at radius 3 is 2.43 bits per heavy atom. The zero-order chi connectivity index (χ0) is 11.0. The van der Waals surface area contributed by atoms with Crippen LogP contribution in [0, 0.1) is 0 Å². The summed E-state index contributed by atoms with van der Waals surface area (Å²) in [4.78, 5) is 0. The van der Waals surface area contributed by atoms with Crippen LogP contribution in [-0.2, 0) is 9.47 Å². The molecule has 0 saturated heterocycles. The summed E-state index contributed by atoms with van der Waals surface area (Å²) < 4.78 is 10.0. The zero-order valence-corrected chi connectivity index (χ0v) is 9.67. The minimum absolute atomic E-state index is 0.0352. The van der Waals surface area contributed by atoms with Crippen molar-refractivity contribution in [1.29, 1.82) is 0 Å². The Morgan fingerprint density at radius 1 is 1.29 bits per heavy atom. The number of hydrogen-bond acceptors (Lipinski definition) is 4. The van der Waals surface area contributed by atoms with Gasteiger partial charge in [0.15, 0.2) is 0 Å². The number of hydrogen-bond donors (Lipinski definition) is 2. The standard InChI is InChI=1S/C10H23NO3/c1-10(2,3)11-7-9(12)8-14-6-5-13-4/h9,11-12H,5-8H2,1-4H3. The fourth-order valence-corrected chi connectivity index (χ4v) is 0.845. The molecule has 14 heavy (non-hydrogen) atoms. The molecule has 0 aliphatic heterocycles. The molecule has 0 aliphatic rings. The van der Waals surface area contributed by atoms with Crippen LogP contribution in [0.15, 0.2) is 0 Å². The predicted octanol–water partition coefficient (Wildman–Crippen LogP) is 0.398. The van der Waals surface area contributed by atoms with E-state index in [2.05, 4.69) is 26.1 Å². The van der Waals surface area contributed by atoms with E-state index in [0.29, 0.717) is 26.4 Å². The second kappa shape index (κ2) is 7.17. The van der Waals surface area contributed by atoms with Gasteiger partial charge in [-0.25, -0.2) is 0 Å². The highest BCUT2D eigenvalue weighted by molar-refractivity contribution is 4.72. The number of aliphatic hydroxyl groups excluding tert-OH is 1. The zero-order valence-electron chi connectivity index (χ0n) is 9.67. The van der Waals surface area contributed by atoms with E-state index in [1.165, 1.54) is 0 Å². The summed E-state index contributed by atoms with van der Waals surface area (Å²) in [6.45, 7) is 8.19. The van der Waals surface area contributed by atoms with E-state index in [0.717, 1.165) is 0 Å². The Balaban J connectivity index is 3.32. The van der Waals surface area contributed by atoms with Gasteiger partial charge in [-0.3, -0.25) is 0 Å². The summed E-state index contributed by atoms with van der Waals surface area (Å²) in [7, 11) is 1.63.